The molecule has 4 nitrogen and oxygen atoms in total. The molecule has 1 saturated carbocycles. The number of aromatic nitrogens is 2. The molecule has 1 aliphatic carbocycles. The number of nitrogens with one attached hydrogen (secondary N) is 1. The summed E-state index contributed by atoms with van der Waals surface area (Å²) in [5.41, 5.74) is 1.53. The second-order valence-electron chi connectivity index (χ2n) is 6.78. The van der Waals surface area contributed by atoms with Crippen LogP contribution in [0.1, 0.15) is 57.0 Å². The van der Waals surface area contributed by atoms with E-state index in [9.17, 15) is 0 Å². The molecule has 1 aromatic heterocycles. The number of nitrogens with zero attached hydrogens (tertiary/aromatic N) is 3. The second-order valence-corrected chi connectivity index (χ2v) is 6.78. The van der Waals surface area contributed by atoms with E-state index in [-0.39, 0.29) is 0 Å². The van der Waals surface area contributed by atoms with E-state index in [1.165, 1.54) is 45.1 Å². The van der Waals surface area contributed by atoms with Crippen molar-refractivity contribution in [1.82, 2.24) is 20.2 Å². The number of rotatable bonds is 3. The normalized spacial score (nSPS) is 26.1. The van der Waals surface area contributed by atoms with Crippen molar-refractivity contribution in [2.75, 3.05) is 13.1 Å². The molecule has 4 heteroatoms. The summed E-state index contributed by atoms with van der Waals surface area (Å²) in [6.07, 6.45) is 9.93. The standard InChI is InChI=1S/C17H28N4/c1-3-16-11-19-17(8-5-4-6-9-17)13-21(16)12-15-7-10-18-14(2)20-15/h7,10,16,19H,3-6,8-9,11-13H2,1-2H3. The average Bonchev–Trinajstić information content (AvgIpc) is 2.48. The molecule has 1 unspecified atom stereocenters. The van der Waals surface area contributed by atoms with Crippen molar-refractivity contribution < 1.29 is 0 Å². The Morgan fingerprint density at radius 2 is 2.14 bits per heavy atom. The SMILES string of the molecule is CCC1CNC2(CCCCC2)CN1Cc1ccnc(C)n1. The van der Waals surface area contributed by atoms with Gasteiger partial charge in [-0.1, -0.05) is 26.2 Å². The van der Waals surface area contributed by atoms with Gasteiger partial charge >= 0.3 is 0 Å². The smallest absolute Gasteiger partial charge is 0.125 e. The molecule has 0 amide bonds. The topological polar surface area (TPSA) is 41.0 Å². The summed E-state index contributed by atoms with van der Waals surface area (Å²) in [5, 5.41) is 3.89. The summed E-state index contributed by atoms with van der Waals surface area (Å²) in [6.45, 7) is 7.53. The van der Waals surface area contributed by atoms with Gasteiger partial charge in [0.25, 0.3) is 0 Å². The van der Waals surface area contributed by atoms with Gasteiger partial charge in [0.15, 0.2) is 0 Å². The van der Waals surface area contributed by atoms with Gasteiger partial charge < -0.3 is 5.32 Å². The van der Waals surface area contributed by atoms with Gasteiger partial charge in [-0.25, -0.2) is 9.97 Å². The van der Waals surface area contributed by atoms with Crippen LogP contribution in [0, 0.1) is 6.92 Å². The highest BCUT2D eigenvalue weighted by molar-refractivity contribution is 5.05. The van der Waals surface area contributed by atoms with Crippen molar-refractivity contribution in [3.8, 4) is 0 Å². The van der Waals surface area contributed by atoms with Crippen LogP contribution >= 0.6 is 0 Å². The summed E-state index contributed by atoms with van der Waals surface area (Å²) >= 11 is 0. The van der Waals surface area contributed by atoms with Crippen LogP contribution in [0.2, 0.25) is 0 Å². The fourth-order valence-corrected chi connectivity index (χ4v) is 3.99. The van der Waals surface area contributed by atoms with Crippen LogP contribution in [0.3, 0.4) is 0 Å². The van der Waals surface area contributed by atoms with Crippen LogP contribution in [0.5, 0.6) is 0 Å². The lowest BCUT2D eigenvalue weighted by atomic mass is 9.79. The zero-order chi connectivity index (χ0) is 14.7. The van der Waals surface area contributed by atoms with E-state index in [1.54, 1.807) is 0 Å². The number of hydrogen-bond acceptors (Lipinski definition) is 4. The van der Waals surface area contributed by atoms with Gasteiger partial charge in [0.2, 0.25) is 0 Å². The molecule has 0 aromatic carbocycles. The molecule has 1 aromatic rings. The van der Waals surface area contributed by atoms with Crippen LogP contribution in [-0.4, -0.2) is 39.5 Å². The van der Waals surface area contributed by atoms with Gasteiger partial charge in [-0.3, -0.25) is 4.90 Å². The summed E-state index contributed by atoms with van der Waals surface area (Å²) in [7, 11) is 0. The predicted octanol–water partition coefficient (Wildman–Crippen LogP) is 2.67. The van der Waals surface area contributed by atoms with Crippen molar-refractivity contribution in [3.63, 3.8) is 0 Å². The average molecular weight is 288 g/mol. The maximum atomic E-state index is 4.60. The van der Waals surface area contributed by atoms with Gasteiger partial charge in [-0.15, -0.1) is 0 Å². The molecule has 3 rings (SSSR count). The van der Waals surface area contributed by atoms with Crippen molar-refractivity contribution in [2.24, 2.45) is 0 Å². The number of piperazine rings is 1. The van der Waals surface area contributed by atoms with Gasteiger partial charge in [0.05, 0.1) is 5.69 Å². The second kappa shape index (κ2) is 6.41. The van der Waals surface area contributed by atoms with E-state index >= 15 is 0 Å². The Morgan fingerprint density at radius 3 is 2.86 bits per heavy atom. The minimum absolute atomic E-state index is 0.367. The van der Waals surface area contributed by atoms with Gasteiger partial charge in [0.1, 0.15) is 5.82 Å². The van der Waals surface area contributed by atoms with E-state index in [1.807, 2.05) is 13.1 Å². The van der Waals surface area contributed by atoms with Gasteiger partial charge in [-0.05, 0) is 32.3 Å². The molecule has 116 valence electrons. The highest BCUT2D eigenvalue weighted by Crippen LogP contribution is 2.32. The first kappa shape index (κ1) is 14.9. The van der Waals surface area contributed by atoms with Crippen molar-refractivity contribution in [2.45, 2.75) is 70.5 Å². The maximum absolute atomic E-state index is 4.60. The van der Waals surface area contributed by atoms with Crippen molar-refractivity contribution in [3.05, 3.63) is 23.8 Å². The molecule has 0 radical (unpaired) electrons. The molecule has 2 aliphatic rings. The zero-order valence-corrected chi connectivity index (χ0v) is 13.4. The summed E-state index contributed by atoms with van der Waals surface area (Å²) in [6, 6.07) is 2.70. The van der Waals surface area contributed by atoms with Crippen molar-refractivity contribution in [1.29, 1.82) is 0 Å². The first-order valence-electron chi connectivity index (χ1n) is 8.48. The molecule has 21 heavy (non-hydrogen) atoms. The predicted molar refractivity (Wildman–Crippen MR) is 85.1 cm³/mol. The van der Waals surface area contributed by atoms with E-state index in [0.717, 1.165) is 24.6 Å². The molecular weight excluding hydrogens is 260 g/mol. The first-order valence-corrected chi connectivity index (χ1v) is 8.48. The Kier molecular flexibility index (Phi) is 4.55. The molecule has 1 aliphatic heterocycles. The highest BCUT2D eigenvalue weighted by atomic mass is 15.3. The lowest BCUT2D eigenvalue weighted by Gasteiger charge is -2.49. The number of aryl methyl sites for hydroxylation is 1. The van der Waals surface area contributed by atoms with Crippen LogP contribution in [0.4, 0.5) is 0 Å². The Hall–Kier alpha value is -1.00. The Balaban J connectivity index is 1.73. The van der Waals surface area contributed by atoms with Crippen molar-refractivity contribution >= 4 is 0 Å². The van der Waals surface area contributed by atoms with Crippen LogP contribution < -0.4 is 5.32 Å². The van der Waals surface area contributed by atoms with Crippen LogP contribution in [0.25, 0.3) is 0 Å². The van der Waals surface area contributed by atoms with E-state index in [0.29, 0.717) is 11.6 Å². The Bertz CT molecular complexity index is 468. The lowest BCUT2D eigenvalue weighted by Crippen LogP contribution is -2.64. The summed E-state index contributed by atoms with van der Waals surface area (Å²) < 4.78 is 0. The highest BCUT2D eigenvalue weighted by Gasteiger charge is 2.39. The molecule has 1 atom stereocenters. The Labute approximate surface area is 128 Å². The third kappa shape index (κ3) is 3.43. The lowest BCUT2D eigenvalue weighted by molar-refractivity contribution is 0.0475. The molecule has 1 spiro atoms. The minimum Gasteiger partial charge on any atom is -0.308 e. The third-order valence-electron chi connectivity index (χ3n) is 5.22. The van der Waals surface area contributed by atoms with E-state index in [4.69, 9.17) is 0 Å². The van der Waals surface area contributed by atoms with Crippen LogP contribution in [-0.2, 0) is 6.54 Å². The van der Waals surface area contributed by atoms with Gasteiger partial charge in [-0.2, -0.15) is 0 Å². The first-order chi connectivity index (χ1) is 10.2. The van der Waals surface area contributed by atoms with E-state index < -0.39 is 0 Å². The molecule has 0 bridgehead atoms. The van der Waals surface area contributed by atoms with Crippen LogP contribution in [0.15, 0.2) is 12.3 Å². The third-order valence-corrected chi connectivity index (χ3v) is 5.22. The van der Waals surface area contributed by atoms with E-state index in [2.05, 4.69) is 33.2 Å². The summed E-state index contributed by atoms with van der Waals surface area (Å²) in [4.78, 5) is 11.5. The molecule has 1 saturated heterocycles. The Morgan fingerprint density at radius 1 is 1.33 bits per heavy atom. The maximum Gasteiger partial charge on any atom is 0.125 e. The fourth-order valence-electron chi connectivity index (χ4n) is 3.99. The monoisotopic (exact) mass is 288 g/mol. The fraction of sp³-hybridized carbons (Fsp3) is 0.765. The molecule has 1 N–H and O–H groups in total. The molecule has 2 heterocycles. The molecule has 2 fully saturated rings. The van der Waals surface area contributed by atoms with Gasteiger partial charge in [0, 0.05) is 37.4 Å². The minimum atomic E-state index is 0.367. The molecular formula is C17H28N4. The quantitative estimate of drug-likeness (QED) is 0.928. The summed E-state index contributed by atoms with van der Waals surface area (Å²) in [5.74, 6) is 0.878. The zero-order valence-electron chi connectivity index (χ0n) is 13.4. The largest absolute Gasteiger partial charge is 0.308 e. The number of hydrogen-bond donors (Lipinski definition) is 1.